The van der Waals surface area contributed by atoms with Crippen molar-refractivity contribution in [3.63, 3.8) is 0 Å². The van der Waals surface area contributed by atoms with Crippen molar-refractivity contribution in [1.29, 1.82) is 0 Å². The second-order valence-electron chi connectivity index (χ2n) is 7.60. The first-order chi connectivity index (χ1) is 13.9. The van der Waals surface area contributed by atoms with Gasteiger partial charge in [0.1, 0.15) is 5.75 Å². The zero-order valence-corrected chi connectivity index (χ0v) is 18.3. The monoisotopic (exact) mass is 416 g/mol. The van der Waals surface area contributed by atoms with Crippen molar-refractivity contribution in [2.75, 3.05) is 38.2 Å². The normalized spacial score (nSPS) is 14.4. The number of aryl methyl sites for hydroxylation is 1. The van der Waals surface area contributed by atoms with Gasteiger partial charge in [-0.2, -0.15) is 0 Å². The third kappa shape index (κ3) is 5.22. The van der Waals surface area contributed by atoms with Crippen LogP contribution in [0.2, 0.25) is 5.02 Å². The van der Waals surface area contributed by atoms with E-state index < -0.39 is 0 Å². The summed E-state index contributed by atoms with van der Waals surface area (Å²) in [6, 6.07) is 11.5. The van der Waals surface area contributed by atoms with Crippen LogP contribution in [0.1, 0.15) is 35.3 Å². The van der Waals surface area contributed by atoms with Crippen molar-refractivity contribution in [2.24, 2.45) is 0 Å². The van der Waals surface area contributed by atoms with Gasteiger partial charge in [0.15, 0.2) is 0 Å². The van der Waals surface area contributed by atoms with Gasteiger partial charge in [-0.25, -0.2) is 0 Å². The van der Waals surface area contributed by atoms with Crippen molar-refractivity contribution in [1.82, 2.24) is 4.90 Å². The summed E-state index contributed by atoms with van der Waals surface area (Å²) in [5.41, 5.74) is 3.89. The van der Waals surface area contributed by atoms with E-state index in [2.05, 4.69) is 11.8 Å². The molecule has 1 aliphatic rings. The summed E-state index contributed by atoms with van der Waals surface area (Å²) in [7, 11) is 1.63. The first-order valence-corrected chi connectivity index (χ1v) is 10.4. The average molecular weight is 417 g/mol. The zero-order valence-electron chi connectivity index (χ0n) is 17.6. The standard InChI is InChI=1S/C23H29ClN2O3/c1-16(2)29-15-19-13-18(6-8-22(19)28-4)23(27)26-11-9-25(10-12-26)21-14-20(24)7-5-17(21)3/h5-8,13-14,16H,9-12,15H2,1-4H3. The lowest BCUT2D eigenvalue weighted by atomic mass is 10.1. The van der Waals surface area contributed by atoms with E-state index in [1.54, 1.807) is 7.11 Å². The molecule has 3 rings (SSSR count). The quantitative estimate of drug-likeness (QED) is 0.693. The molecule has 2 aromatic carbocycles. The lowest BCUT2D eigenvalue weighted by molar-refractivity contribution is 0.0642. The minimum absolute atomic E-state index is 0.0425. The molecule has 2 aromatic rings. The molecule has 1 aliphatic heterocycles. The Morgan fingerprint density at radius 3 is 2.48 bits per heavy atom. The van der Waals surface area contributed by atoms with E-state index in [4.69, 9.17) is 21.1 Å². The highest BCUT2D eigenvalue weighted by Gasteiger charge is 2.24. The fourth-order valence-electron chi connectivity index (χ4n) is 3.54. The first kappa shape index (κ1) is 21.5. The summed E-state index contributed by atoms with van der Waals surface area (Å²) in [4.78, 5) is 17.3. The van der Waals surface area contributed by atoms with E-state index in [-0.39, 0.29) is 12.0 Å². The number of piperazine rings is 1. The minimum Gasteiger partial charge on any atom is -0.496 e. The van der Waals surface area contributed by atoms with Crippen LogP contribution in [-0.4, -0.2) is 50.2 Å². The van der Waals surface area contributed by atoms with Crippen molar-refractivity contribution in [2.45, 2.75) is 33.5 Å². The van der Waals surface area contributed by atoms with E-state index in [0.29, 0.717) is 25.3 Å². The number of hydrogen-bond donors (Lipinski definition) is 0. The van der Waals surface area contributed by atoms with Crippen molar-refractivity contribution in [3.05, 3.63) is 58.1 Å². The maximum atomic E-state index is 13.1. The van der Waals surface area contributed by atoms with Crippen molar-refractivity contribution >= 4 is 23.2 Å². The van der Waals surface area contributed by atoms with E-state index in [9.17, 15) is 4.79 Å². The first-order valence-electron chi connectivity index (χ1n) is 9.98. The van der Waals surface area contributed by atoms with Crippen LogP contribution in [0.3, 0.4) is 0 Å². The highest BCUT2D eigenvalue weighted by molar-refractivity contribution is 6.30. The van der Waals surface area contributed by atoms with Crippen LogP contribution in [0.5, 0.6) is 5.75 Å². The van der Waals surface area contributed by atoms with Gasteiger partial charge in [0.2, 0.25) is 0 Å². The fourth-order valence-corrected chi connectivity index (χ4v) is 3.70. The van der Waals surface area contributed by atoms with E-state index in [1.807, 2.05) is 55.1 Å². The van der Waals surface area contributed by atoms with Gasteiger partial charge >= 0.3 is 0 Å². The van der Waals surface area contributed by atoms with Gasteiger partial charge < -0.3 is 19.3 Å². The van der Waals surface area contributed by atoms with Gasteiger partial charge in [-0.1, -0.05) is 17.7 Å². The van der Waals surface area contributed by atoms with Crippen LogP contribution < -0.4 is 9.64 Å². The molecule has 0 aromatic heterocycles. The van der Waals surface area contributed by atoms with Gasteiger partial charge in [-0.15, -0.1) is 0 Å². The Kier molecular flexibility index (Phi) is 7.04. The number of carbonyl (C=O) groups excluding carboxylic acids is 1. The number of carbonyl (C=O) groups is 1. The zero-order chi connectivity index (χ0) is 21.0. The average Bonchev–Trinajstić information content (AvgIpc) is 2.73. The third-order valence-corrected chi connectivity index (χ3v) is 5.41. The van der Waals surface area contributed by atoms with Crippen molar-refractivity contribution in [3.8, 4) is 5.75 Å². The Labute approximate surface area is 178 Å². The Morgan fingerprint density at radius 2 is 1.83 bits per heavy atom. The van der Waals surface area contributed by atoms with E-state index in [0.717, 1.165) is 35.1 Å². The predicted molar refractivity (Wildman–Crippen MR) is 117 cm³/mol. The molecule has 5 nitrogen and oxygen atoms in total. The molecule has 1 heterocycles. The predicted octanol–water partition coefficient (Wildman–Crippen LogP) is 4.54. The van der Waals surface area contributed by atoms with Crippen LogP contribution in [-0.2, 0) is 11.3 Å². The second kappa shape index (κ2) is 9.51. The third-order valence-electron chi connectivity index (χ3n) is 5.18. The summed E-state index contributed by atoms with van der Waals surface area (Å²) < 4.78 is 11.1. The molecule has 0 radical (unpaired) electrons. The topological polar surface area (TPSA) is 42.0 Å². The van der Waals surface area contributed by atoms with Gasteiger partial charge in [0, 0.05) is 48.0 Å². The SMILES string of the molecule is COc1ccc(C(=O)N2CCN(c3cc(Cl)ccc3C)CC2)cc1COC(C)C. The lowest BCUT2D eigenvalue weighted by Gasteiger charge is -2.37. The fraction of sp³-hybridized carbons (Fsp3) is 0.435. The molecule has 0 N–H and O–H groups in total. The molecular formula is C23H29ClN2O3. The number of hydrogen-bond acceptors (Lipinski definition) is 4. The van der Waals surface area contributed by atoms with E-state index >= 15 is 0 Å². The number of benzene rings is 2. The Balaban J connectivity index is 1.68. The summed E-state index contributed by atoms with van der Waals surface area (Å²) in [5, 5.41) is 0.735. The summed E-state index contributed by atoms with van der Waals surface area (Å²) >= 11 is 6.17. The highest BCUT2D eigenvalue weighted by Crippen LogP contribution is 2.26. The largest absolute Gasteiger partial charge is 0.496 e. The summed E-state index contributed by atoms with van der Waals surface area (Å²) in [6.45, 7) is 9.40. The van der Waals surface area contributed by atoms with Gasteiger partial charge in [0.25, 0.3) is 5.91 Å². The molecular weight excluding hydrogens is 388 g/mol. The molecule has 156 valence electrons. The highest BCUT2D eigenvalue weighted by atomic mass is 35.5. The van der Waals surface area contributed by atoms with Crippen molar-refractivity contribution < 1.29 is 14.3 Å². The van der Waals surface area contributed by atoms with Crippen LogP contribution in [0.4, 0.5) is 5.69 Å². The smallest absolute Gasteiger partial charge is 0.253 e. The molecule has 1 amide bonds. The number of nitrogens with zero attached hydrogens (tertiary/aromatic N) is 2. The Morgan fingerprint density at radius 1 is 1.10 bits per heavy atom. The maximum Gasteiger partial charge on any atom is 0.253 e. The summed E-state index contributed by atoms with van der Waals surface area (Å²) in [5.74, 6) is 0.782. The number of halogens is 1. The van der Waals surface area contributed by atoms with Crippen LogP contribution in [0.15, 0.2) is 36.4 Å². The number of rotatable bonds is 6. The Bertz CT molecular complexity index is 861. The molecule has 0 saturated carbocycles. The minimum atomic E-state index is 0.0425. The molecule has 0 spiro atoms. The van der Waals surface area contributed by atoms with Gasteiger partial charge in [-0.05, 0) is 56.7 Å². The lowest BCUT2D eigenvalue weighted by Crippen LogP contribution is -2.49. The van der Waals surface area contributed by atoms with Crippen LogP contribution in [0, 0.1) is 6.92 Å². The molecule has 0 aliphatic carbocycles. The number of amides is 1. The number of methoxy groups -OCH3 is 1. The molecule has 1 saturated heterocycles. The molecule has 0 unspecified atom stereocenters. The second-order valence-corrected chi connectivity index (χ2v) is 8.03. The number of anilines is 1. The molecule has 0 bridgehead atoms. The molecule has 1 fully saturated rings. The Hall–Kier alpha value is -2.24. The van der Waals surface area contributed by atoms with Crippen LogP contribution in [0.25, 0.3) is 0 Å². The number of ether oxygens (including phenoxy) is 2. The van der Waals surface area contributed by atoms with Crippen LogP contribution >= 0.6 is 11.6 Å². The molecule has 0 atom stereocenters. The summed E-state index contributed by atoms with van der Waals surface area (Å²) in [6.07, 6.45) is 0.113. The molecule has 29 heavy (non-hydrogen) atoms. The van der Waals surface area contributed by atoms with Gasteiger partial charge in [-0.3, -0.25) is 4.79 Å². The van der Waals surface area contributed by atoms with E-state index in [1.165, 1.54) is 5.56 Å². The van der Waals surface area contributed by atoms with Gasteiger partial charge in [0.05, 0.1) is 19.8 Å². The molecule has 6 heteroatoms. The maximum absolute atomic E-state index is 13.1.